The van der Waals surface area contributed by atoms with Gasteiger partial charge in [-0.2, -0.15) is 0 Å². The van der Waals surface area contributed by atoms with Gasteiger partial charge >= 0.3 is 0 Å². The van der Waals surface area contributed by atoms with Gasteiger partial charge in [-0.25, -0.2) is 15.0 Å². The van der Waals surface area contributed by atoms with Crippen molar-refractivity contribution in [1.29, 1.82) is 0 Å². The third-order valence-electron chi connectivity index (χ3n) is 3.74. The third-order valence-corrected chi connectivity index (χ3v) is 3.97. The van der Waals surface area contributed by atoms with Crippen LogP contribution in [0.15, 0.2) is 30.9 Å². The second-order valence-electron chi connectivity index (χ2n) is 5.14. The van der Waals surface area contributed by atoms with Crippen LogP contribution < -0.4 is 4.90 Å². The summed E-state index contributed by atoms with van der Waals surface area (Å²) in [6.45, 7) is 4.61. The first kappa shape index (κ1) is 14.7. The zero-order valence-corrected chi connectivity index (χ0v) is 13.0. The van der Waals surface area contributed by atoms with Gasteiger partial charge in [-0.1, -0.05) is 11.6 Å². The molecule has 0 bridgehead atoms. The molecule has 2 aromatic rings. The summed E-state index contributed by atoms with van der Waals surface area (Å²) in [7, 11) is 0. The molecule has 0 aliphatic carbocycles. The Morgan fingerprint density at radius 1 is 1.14 bits per heavy atom. The lowest BCUT2D eigenvalue weighted by Gasteiger charge is -2.35. The highest BCUT2D eigenvalue weighted by molar-refractivity contribution is 6.30. The Kier molecular flexibility index (Phi) is 4.20. The van der Waals surface area contributed by atoms with E-state index in [1.54, 1.807) is 12.4 Å². The van der Waals surface area contributed by atoms with Crippen LogP contribution in [0, 0.1) is 6.92 Å². The van der Waals surface area contributed by atoms with E-state index in [0.29, 0.717) is 29.4 Å². The maximum atomic E-state index is 12.5. The number of aryl methyl sites for hydroxylation is 1. The summed E-state index contributed by atoms with van der Waals surface area (Å²) < 4.78 is 0. The number of hydrogen-bond donors (Lipinski definition) is 0. The van der Waals surface area contributed by atoms with Gasteiger partial charge in [0.25, 0.3) is 5.91 Å². The maximum absolute atomic E-state index is 12.5. The average molecular weight is 318 g/mol. The zero-order valence-electron chi connectivity index (χ0n) is 12.2. The number of rotatable bonds is 2. The summed E-state index contributed by atoms with van der Waals surface area (Å²) in [5.74, 6) is 0.873. The van der Waals surface area contributed by atoms with E-state index in [-0.39, 0.29) is 5.91 Å². The fourth-order valence-electron chi connectivity index (χ4n) is 2.46. The van der Waals surface area contributed by atoms with Gasteiger partial charge in [0.1, 0.15) is 12.1 Å². The highest BCUT2D eigenvalue weighted by Crippen LogP contribution is 2.17. The van der Waals surface area contributed by atoms with Crippen molar-refractivity contribution in [3.05, 3.63) is 47.1 Å². The summed E-state index contributed by atoms with van der Waals surface area (Å²) in [5.41, 5.74) is 1.28. The van der Waals surface area contributed by atoms with Crippen LogP contribution in [0.4, 0.5) is 5.82 Å². The molecule has 0 N–H and O–H groups in total. The van der Waals surface area contributed by atoms with Crippen LogP contribution in [0.25, 0.3) is 0 Å². The van der Waals surface area contributed by atoms with Crippen LogP contribution in [0.5, 0.6) is 0 Å². The van der Waals surface area contributed by atoms with Crippen molar-refractivity contribution in [2.24, 2.45) is 0 Å². The first-order valence-corrected chi connectivity index (χ1v) is 7.45. The number of aromatic nitrogens is 3. The molecule has 0 radical (unpaired) electrons. The molecule has 0 aromatic carbocycles. The molecule has 0 spiro atoms. The molecule has 3 rings (SSSR count). The molecule has 2 aromatic heterocycles. The number of hydrogen-bond acceptors (Lipinski definition) is 5. The minimum atomic E-state index is -0.0122. The van der Waals surface area contributed by atoms with Crippen LogP contribution in [-0.2, 0) is 0 Å². The van der Waals surface area contributed by atoms with Gasteiger partial charge in [0.15, 0.2) is 0 Å². The monoisotopic (exact) mass is 317 g/mol. The largest absolute Gasteiger partial charge is 0.353 e. The number of amides is 1. The normalized spacial score (nSPS) is 15.0. The Labute approximate surface area is 133 Å². The molecule has 1 aliphatic rings. The number of nitrogens with zero attached hydrogens (tertiary/aromatic N) is 5. The number of carbonyl (C=O) groups excluding carboxylic acids is 1. The Hall–Kier alpha value is -2.21. The molecule has 6 nitrogen and oxygen atoms in total. The quantitative estimate of drug-likeness (QED) is 0.845. The lowest BCUT2D eigenvalue weighted by molar-refractivity contribution is 0.0745. The van der Waals surface area contributed by atoms with E-state index < -0.39 is 0 Å². The molecule has 0 saturated carbocycles. The van der Waals surface area contributed by atoms with Crippen molar-refractivity contribution in [2.75, 3.05) is 31.1 Å². The Morgan fingerprint density at radius 3 is 2.55 bits per heavy atom. The van der Waals surface area contributed by atoms with Gasteiger partial charge in [0.05, 0.1) is 16.3 Å². The molecule has 3 heterocycles. The van der Waals surface area contributed by atoms with Crippen molar-refractivity contribution in [3.8, 4) is 0 Å². The number of halogens is 1. The van der Waals surface area contributed by atoms with Gasteiger partial charge in [-0.3, -0.25) is 4.79 Å². The lowest BCUT2D eigenvalue weighted by atomic mass is 10.2. The molecular formula is C15H16ClN5O. The van der Waals surface area contributed by atoms with E-state index in [2.05, 4.69) is 19.9 Å². The lowest BCUT2D eigenvalue weighted by Crippen LogP contribution is -2.49. The molecule has 1 fully saturated rings. The molecule has 0 atom stereocenters. The standard InChI is InChI=1S/C15H16ClN5O/c1-11-13(9-17-10-19-11)15(22)21-6-4-20(5-7-21)14-3-2-12(16)8-18-14/h2-3,8-10H,4-7H2,1H3. The highest BCUT2D eigenvalue weighted by atomic mass is 35.5. The molecule has 7 heteroatoms. The Balaban J connectivity index is 1.65. The second kappa shape index (κ2) is 6.27. The molecule has 1 amide bonds. The van der Waals surface area contributed by atoms with Gasteiger partial charge < -0.3 is 9.80 Å². The minimum Gasteiger partial charge on any atom is -0.353 e. The number of piperazine rings is 1. The maximum Gasteiger partial charge on any atom is 0.257 e. The van der Waals surface area contributed by atoms with Crippen molar-refractivity contribution < 1.29 is 4.79 Å². The highest BCUT2D eigenvalue weighted by Gasteiger charge is 2.24. The summed E-state index contributed by atoms with van der Waals surface area (Å²) in [4.78, 5) is 28.8. The summed E-state index contributed by atoms with van der Waals surface area (Å²) in [5, 5.41) is 0.622. The van der Waals surface area contributed by atoms with E-state index in [0.717, 1.165) is 18.9 Å². The van der Waals surface area contributed by atoms with Crippen LogP contribution in [0.1, 0.15) is 16.1 Å². The van der Waals surface area contributed by atoms with Crippen molar-refractivity contribution >= 4 is 23.3 Å². The first-order valence-electron chi connectivity index (χ1n) is 7.07. The van der Waals surface area contributed by atoms with Gasteiger partial charge in [0, 0.05) is 38.6 Å². The van der Waals surface area contributed by atoms with Gasteiger partial charge in [-0.15, -0.1) is 0 Å². The molecular weight excluding hydrogens is 302 g/mol. The second-order valence-corrected chi connectivity index (χ2v) is 5.57. The van der Waals surface area contributed by atoms with Crippen LogP contribution in [0.3, 0.4) is 0 Å². The van der Waals surface area contributed by atoms with E-state index >= 15 is 0 Å². The first-order chi connectivity index (χ1) is 10.6. The number of pyridine rings is 1. The molecule has 0 unspecified atom stereocenters. The molecule has 22 heavy (non-hydrogen) atoms. The van der Waals surface area contributed by atoms with Crippen molar-refractivity contribution in [2.45, 2.75) is 6.92 Å². The van der Waals surface area contributed by atoms with Gasteiger partial charge in [-0.05, 0) is 19.1 Å². The number of anilines is 1. The van der Waals surface area contributed by atoms with Crippen LogP contribution >= 0.6 is 11.6 Å². The number of carbonyl (C=O) groups is 1. The van der Waals surface area contributed by atoms with Crippen LogP contribution in [0.2, 0.25) is 5.02 Å². The smallest absolute Gasteiger partial charge is 0.257 e. The fraction of sp³-hybridized carbons (Fsp3) is 0.333. The Bertz CT molecular complexity index is 668. The van der Waals surface area contributed by atoms with E-state index in [4.69, 9.17) is 11.6 Å². The van der Waals surface area contributed by atoms with Crippen molar-refractivity contribution in [3.63, 3.8) is 0 Å². The van der Waals surface area contributed by atoms with E-state index in [9.17, 15) is 4.79 Å². The topological polar surface area (TPSA) is 62.2 Å². The third kappa shape index (κ3) is 3.01. The predicted octanol–water partition coefficient (Wildman–Crippen LogP) is 1.80. The Morgan fingerprint density at radius 2 is 1.91 bits per heavy atom. The zero-order chi connectivity index (χ0) is 15.5. The predicted molar refractivity (Wildman–Crippen MR) is 84.1 cm³/mol. The summed E-state index contributed by atoms with van der Waals surface area (Å²) in [6.07, 6.45) is 4.67. The van der Waals surface area contributed by atoms with E-state index in [1.807, 2.05) is 24.0 Å². The molecule has 1 saturated heterocycles. The summed E-state index contributed by atoms with van der Waals surface area (Å²) >= 11 is 5.85. The van der Waals surface area contributed by atoms with Crippen LogP contribution in [-0.4, -0.2) is 51.9 Å². The summed E-state index contributed by atoms with van der Waals surface area (Å²) in [6, 6.07) is 3.72. The molecule has 114 valence electrons. The van der Waals surface area contributed by atoms with Crippen molar-refractivity contribution in [1.82, 2.24) is 19.9 Å². The SMILES string of the molecule is Cc1ncncc1C(=O)N1CCN(c2ccc(Cl)cn2)CC1. The van der Waals surface area contributed by atoms with E-state index in [1.165, 1.54) is 6.33 Å². The molecule has 1 aliphatic heterocycles. The van der Waals surface area contributed by atoms with Gasteiger partial charge in [0.2, 0.25) is 0 Å². The average Bonchev–Trinajstić information content (AvgIpc) is 2.56. The minimum absolute atomic E-state index is 0.0122. The fourth-order valence-corrected chi connectivity index (χ4v) is 2.58.